The fraction of sp³-hybridized carbons (Fsp3) is 0.875. The summed E-state index contributed by atoms with van der Waals surface area (Å²) in [5, 5.41) is 9.46. The van der Waals surface area contributed by atoms with E-state index in [9.17, 15) is 14.7 Å². The van der Waals surface area contributed by atoms with Gasteiger partial charge in [0.05, 0.1) is 19.1 Å². The van der Waals surface area contributed by atoms with E-state index in [1.54, 1.807) is 20.8 Å². The number of aliphatic hydroxyl groups is 1. The zero-order chi connectivity index (χ0) is 17.1. The monoisotopic (exact) mass is 315 g/mol. The molecule has 1 rings (SSSR count). The molecule has 0 aromatic rings. The van der Waals surface area contributed by atoms with Crippen LogP contribution in [0.25, 0.3) is 0 Å². The van der Waals surface area contributed by atoms with E-state index in [1.807, 2.05) is 20.8 Å². The molecular weight excluding hydrogens is 286 g/mol. The summed E-state index contributed by atoms with van der Waals surface area (Å²) in [6.45, 7) is 10.7. The summed E-state index contributed by atoms with van der Waals surface area (Å²) >= 11 is 0. The lowest BCUT2D eigenvalue weighted by Gasteiger charge is -2.32. The molecule has 0 bridgehead atoms. The van der Waals surface area contributed by atoms with E-state index in [1.165, 1.54) is 4.90 Å². The second-order valence-electron chi connectivity index (χ2n) is 7.75. The van der Waals surface area contributed by atoms with Gasteiger partial charge in [0.2, 0.25) is 0 Å². The molecule has 6 nitrogen and oxygen atoms in total. The maximum absolute atomic E-state index is 12.3. The Hall–Kier alpha value is -1.30. The van der Waals surface area contributed by atoms with Crippen molar-refractivity contribution < 1.29 is 24.2 Å². The third kappa shape index (κ3) is 5.83. The molecule has 0 aromatic heterocycles. The maximum atomic E-state index is 12.3. The number of carbonyl (C=O) groups is 2. The minimum Gasteiger partial charge on any atom is -0.460 e. The molecule has 2 atom stereocenters. The zero-order valence-electron chi connectivity index (χ0n) is 14.5. The summed E-state index contributed by atoms with van der Waals surface area (Å²) in [6, 6.07) is -0.593. The van der Waals surface area contributed by atoms with E-state index in [2.05, 4.69) is 0 Å². The molecule has 0 unspecified atom stereocenters. The Bertz CT molecular complexity index is 408. The number of rotatable bonds is 3. The van der Waals surface area contributed by atoms with Gasteiger partial charge in [-0.15, -0.1) is 0 Å². The molecule has 1 aliphatic heterocycles. The molecule has 1 fully saturated rings. The van der Waals surface area contributed by atoms with Crippen molar-refractivity contribution in [2.75, 3.05) is 6.61 Å². The highest BCUT2D eigenvalue weighted by molar-refractivity contribution is 5.74. The lowest BCUT2D eigenvalue weighted by Crippen LogP contribution is -2.46. The predicted molar refractivity (Wildman–Crippen MR) is 82.4 cm³/mol. The zero-order valence-corrected chi connectivity index (χ0v) is 14.5. The normalized spacial score (nSPS) is 22.6. The van der Waals surface area contributed by atoms with Crippen LogP contribution >= 0.6 is 0 Å². The fourth-order valence-electron chi connectivity index (χ4n) is 2.53. The van der Waals surface area contributed by atoms with Gasteiger partial charge in [-0.05, 0) is 54.4 Å². The van der Waals surface area contributed by atoms with E-state index in [4.69, 9.17) is 9.47 Å². The summed E-state index contributed by atoms with van der Waals surface area (Å²) in [5.74, 6) is -0.343. The van der Waals surface area contributed by atoms with Crippen molar-refractivity contribution in [3.8, 4) is 0 Å². The number of hydrogen-bond donors (Lipinski definition) is 1. The van der Waals surface area contributed by atoms with Gasteiger partial charge in [-0.3, -0.25) is 9.69 Å². The van der Waals surface area contributed by atoms with Crippen molar-refractivity contribution >= 4 is 12.1 Å². The van der Waals surface area contributed by atoms with Crippen LogP contribution in [-0.2, 0) is 14.3 Å². The summed E-state index contributed by atoms with van der Waals surface area (Å²) in [4.78, 5) is 25.8. The maximum Gasteiger partial charge on any atom is 0.410 e. The molecule has 0 spiro atoms. The molecule has 128 valence electrons. The van der Waals surface area contributed by atoms with Crippen molar-refractivity contribution in [2.24, 2.45) is 0 Å². The summed E-state index contributed by atoms with van der Waals surface area (Å²) in [6.07, 6.45) is 0.942. The van der Waals surface area contributed by atoms with Gasteiger partial charge in [0, 0.05) is 6.04 Å². The van der Waals surface area contributed by atoms with E-state index in [0.717, 1.165) is 0 Å². The van der Waals surface area contributed by atoms with Crippen LogP contribution < -0.4 is 0 Å². The van der Waals surface area contributed by atoms with Crippen LogP contribution in [0.2, 0.25) is 0 Å². The van der Waals surface area contributed by atoms with Crippen LogP contribution in [0.5, 0.6) is 0 Å². The largest absolute Gasteiger partial charge is 0.460 e. The minimum atomic E-state index is -0.615. The van der Waals surface area contributed by atoms with Crippen molar-refractivity contribution in [2.45, 2.75) is 84.1 Å². The smallest absolute Gasteiger partial charge is 0.410 e. The highest BCUT2D eigenvalue weighted by Gasteiger charge is 2.40. The molecular formula is C16H29NO5. The van der Waals surface area contributed by atoms with Crippen LogP contribution in [0.1, 0.15) is 60.8 Å². The van der Waals surface area contributed by atoms with E-state index in [-0.39, 0.29) is 31.1 Å². The van der Waals surface area contributed by atoms with Crippen molar-refractivity contribution in [1.82, 2.24) is 4.90 Å². The molecule has 1 amide bonds. The molecule has 0 aromatic carbocycles. The first kappa shape index (κ1) is 18.7. The Labute approximate surface area is 132 Å². The van der Waals surface area contributed by atoms with Gasteiger partial charge < -0.3 is 14.6 Å². The van der Waals surface area contributed by atoms with Crippen LogP contribution in [0.3, 0.4) is 0 Å². The predicted octanol–water partition coefficient (Wildman–Crippen LogP) is 2.48. The molecule has 6 heteroatoms. The van der Waals surface area contributed by atoms with E-state index >= 15 is 0 Å². The Morgan fingerprint density at radius 3 is 1.95 bits per heavy atom. The Morgan fingerprint density at radius 1 is 1.00 bits per heavy atom. The van der Waals surface area contributed by atoms with Crippen LogP contribution in [0.4, 0.5) is 4.79 Å². The Balaban J connectivity index is 2.76. The van der Waals surface area contributed by atoms with Gasteiger partial charge in [-0.25, -0.2) is 4.79 Å². The SMILES string of the molecule is CC(C)(C)OC(=O)C[C@H]1CC[C@H](CO)N1C(=O)OC(C)(C)C. The molecule has 1 heterocycles. The molecule has 1 saturated heterocycles. The highest BCUT2D eigenvalue weighted by Crippen LogP contribution is 2.29. The standard InChI is InChI=1S/C16H29NO5/c1-15(2,3)21-13(19)9-11-7-8-12(10-18)17(11)14(20)22-16(4,5)6/h11-12,18H,7-10H2,1-6H3/t11-,12-/m1/s1. The van der Waals surface area contributed by atoms with Crippen molar-refractivity contribution in [1.29, 1.82) is 0 Å². The van der Waals surface area contributed by atoms with E-state index in [0.29, 0.717) is 12.8 Å². The molecule has 1 N–H and O–H groups in total. The van der Waals surface area contributed by atoms with Gasteiger partial charge in [-0.1, -0.05) is 0 Å². The molecule has 0 radical (unpaired) electrons. The third-order valence-electron chi connectivity index (χ3n) is 3.26. The number of carbonyl (C=O) groups excluding carboxylic acids is 2. The molecule has 22 heavy (non-hydrogen) atoms. The topological polar surface area (TPSA) is 76.1 Å². The number of aliphatic hydroxyl groups excluding tert-OH is 1. The fourth-order valence-corrected chi connectivity index (χ4v) is 2.53. The summed E-state index contributed by atoms with van der Waals surface area (Å²) < 4.78 is 10.7. The van der Waals surface area contributed by atoms with Gasteiger partial charge in [0.15, 0.2) is 0 Å². The van der Waals surface area contributed by atoms with Gasteiger partial charge in [0.25, 0.3) is 0 Å². The second kappa shape index (κ2) is 6.86. The number of esters is 1. The summed E-state index contributed by atoms with van der Waals surface area (Å²) in [5.41, 5.74) is -1.17. The van der Waals surface area contributed by atoms with Crippen molar-refractivity contribution in [3.63, 3.8) is 0 Å². The Kier molecular flexibility index (Phi) is 5.84. The second-order valence-corrected chi connectivity index (χ2v) is 7.75. The van der Waals surface area contributed by atoms with Crippen LogP contribution in [0.15, 0.2) is 0 Å². The highest BCUT2D eigenvalue weighted by atomic mass is 16.6. The number of ether oxygens (including phenoxy) is 2. The number of hydrogen-bond acceptors (Lipinski definition) is 5. The van der Waals surface area contributed by atoms with Crippen LogP contribution in [0, 0.1) is 0 Å². The minimum absolute atomic E-state index is 0.118. The third-order valence-corrected chi connectivity index (χ3v) is 3.26. The molecule has 0 saturated carbocycles. The lowest BCUT2D eigenvalue weighted by molar-refractivity contribution is -0.156. The van der Waals surface area contributed by atoms with Gasteiger partial charge in [0.1, 0.15) is 11.2 Å². The first-order valence-corrected chi connectivity index (χ1v) is 7.77. The van der Waals surface area contributed by atoms with Crippen LogP contribution in [-0.4, -0.2) is 52.0 Å². The Morgan fingerprint density at radius 2 is 1.50 bits per heavy atom. The quantitative estimate of drug-likeness (QED) is 0.810. The van der Waals surface area contributed by atoms with E-state index < -0.39 is 17.3 Å². The van der Waals surface area contributed by atoms with Gasteiger partial charge >= 0.3 is 12.1 Å². The first-order valence-electron chi connectivity index (χ1n) is 7.77. The number of nitrogens with zero attached hydrogens (tertiary/aromatic N) is 1. The average Bonchev–Trinajstić information content (AvgIpc) is 2.66. The van der Waals surface area contributed by atoms with Crippen molar-refractivity contribution in [3.05, 3.63) is 0 Å². The first-order chi connectivity index (χ1) is 9.93. The molecule has 1 aliphatic rings. The summed E-state index contributed by atoms with van der Waals surface area (Å²) in [7, 11) is 0. The lowest BCUT2D eigenvalue weighted by atomic mass is 10.1. The number of likely N-dealkylation sites (tertiary alicyclic amines) is 1. The molecule has 0 aliphatic carbocycles. The number of amides is 1. The van der Waals surface area contributed by atoms with Gasteiger partial charge in [-0.2, -0.15) is 0 Å². The average molecular weight is 315 g/mol.